The van der Waals surface area contributed by atoms with Crippen molar-refractivity contribution in [2.45, 2.75) is 51.7 Å². The van der Waals surface area contributed by atoms with Crippen LogP contribution in [0.2, 0.25) is 0 Å². The molecule has 0 spiro atoms. The topological polar surface area (TPSA) is 23.5 Å². The van der Waals surface area contributed by atoms with E-state index >= 15 is 0 Å². The molecule has 1 atom stereocenters. The summed E-state index contributed by atoms with van der Waals surface area (Å²) in [6.07, 6.45) is 4.30. The Morgan fingerprint density at radius 1 is 1.39 bits per heavy atom. The molecule has 0 heterocycles. The fourth-order valence-electron chi connectivity index (χ4n) is 2.96. The fraction of sp³-hybridized carbons (Fsp3) is 0.600. The van der Waals surface area contributed by atoms with Gasteiger partial charge in [-0.25, -0.2) is 4.39 Å². The van der Waals surface area contributed by atoms with E-state index in [1.807, 2.05) is 0 Å². The van der Waals surface area contributed by atoms with Gasteiger partial charge in [-0.2, -0.15) is 0 Å². The number of halogens is 1. The molecule has 0 unspecified atom stereocenters. The van der Waals surface area contributed by atoms with Gasteiger partial charge in [-0.1, -0.05) is 12.8 Å². The van der Waals surface area contributed by atoms with E-state index < -0.39 is 6.10 Å². The van der Waals surface area contributed by atoms with Crippen LogP contribution in [-0.2, 0) is 0 Å². The average Bonchev–Trinajstić information content (AvgIpc) is 2.85. The monoisotopic (exact) mass is 251 g/mol. The van der Waals surface area contributed by atoms with Gasteiger partial charge in [-0.05, 0) is 44.9 Å². The predicted molar refractivity (Wildman–Crippen MR) is 72.3 cm³/mol. The number of anilines is 1. The van der Waals surface area contributed by atoms with Crippen LogP contribution in [0.15, 0.2) is 18.2 Å². The van der Waals surface area contributed by atoms with Crippen LogP contribution in [0.5, 0.6) is 0 Å². The van der Waals surface area contributed by atoms with Gasteiger partial charge in [-0.15, -0.1) is 0 Å². The van der Waals surface area contributed by atoms with Crippen molar-refractivity contribution in [3.63, 3.8) is 0 Å². The Balaban J connectivity index is 2.34. The third kappa shape index (κ3) is 2.66. The maximum atomic E-state index is 13.3. The molecule has 1 fully saturated rings. The Morgan fingerprint density at radius 3 is 2.61 bits per heavy atom. The number of aliphatic hydroxyl groups is 1. The van der Waals surface area contributed by atoms with Crippen molar-refractivity contribution in [3.8, 4) is 0 Å². The number of aliphatic hydroxyl groups excluding tert-OH is 1. The van der Waals surface area contributed by atoms with Crippen LogP contribution in [0.3, 0.4) is 0 Å². The molecule has 100 valence electrons. The lowest BCUT2D eigenvalue weighted by Crippen LogP contribution is -2.34. The van der Waals surface area contributed by atoms with E-state index in [4.69, 9.17) is 0 Å². The van der Waals surface area contributed by atoms with Crippen molar-refractivity contribution in [1.29, 1.82) is 0 Å². The Hall–Kier alpha value is -1.09. The van der Waals surface area contributed by atoms with Gasteiger partial charge in [0.2, 0.25) is 0 Å². The van der Waals surface area contributed by atoms with Crippen LogP contribution in [0, 0.1) is 5.82 Å². The molecule has 1 aliphatic carbocycles. The largest absolute Gasteiger partial charge is 0.389 e. The molecule has 3 heteroatoms. The number of rotatable bonds is 4. The van der Waals surface area contributed by atoms with E-state index in [0.29, 0.717) is 11.6 Å². The van der Waals surface area contributed by atoms with Gasteiger partial charge < -0.3 is 10.0 Å². The first-order valence-corrected chi connectivity index (χ1v) is 6.87. The third-order valence-corrected chi connectivity index (χ3v) is 3.86. The lowest BCUT2D eigenvalue weighted by Gasteiger charge is -2.32. The second kappa shape index (κ2) is 5.70. The summed E-state index contributed by atoms with van der Waals surface area (Å²) in [5.41, 5.74) is 1.68. The highest BCUT2D eigenvalue weighted by Crippen LogP contribution is 2.33. The molecule has 2 nitrogen and oxygen atoms in total. The predicted octanol–water partition coefficient (Wildman–Crippen LogP) is 3.65. The van der Waals surface area contributed by atoms with Crippen LogP contribution in [0.25, 0.3) is 0 Å². The van der Waals surface area contributed by atoms with E-state index in [1.165, 1.54) is 37.8 Å². The van der Waals surface area contributed by atoms with Gasteiger partial charge in [0.05, 0.1) is 6.10 Å². The third-order valence-electron chi connectivity index (χ3n) is 3.86. The molecule has 0 amide bonds. The van der Waals surface area contributed by atoms with Gasteiger partial charge in [0.1, 0.15) is 5.82 Å². The summed E-state index contributed by atoms with van der Waals surface area (Å²) >= 11 is 0. The minimum atomic E-state index is -0.633. The minimum Gasteiger partial charge on any atom is -0.389 e. The SMILES string of the molecule is CCN(c1ccc(F)cc1[C@H](C)O)C1CCCC1. The second-order valence-corrected chi connectivity index (χ2v) is 5.10. The van der Waals surface area contributed by atoms with Crippen LogP contribution in [-0.4, -0.2) is 17.7 Å². The molecule has 1 aromatic rings. The fourth-order valence-corrected chi connectivity index (χ4v) is 2.96. The van der Waals surface area contributed by atoms with Crippen LogP contribution in [0.4, 0.5) is 10.1 Å². The van der Waals surface area contributed by atoms with E-state index in [1.54, 1.807) is 13.0 Å². The Labute approximate surface area is 108 Å². The first-order chi connectivity index (χ1) is 8.63. The zero-order valence-corrected chi connectivity index (χ0v) is 11.2. The van der Waals surface area contributed by atoms with Gasteiger partial charge >= 0.3 is 0 Å². The highest BCUT2D eigenvalue weighted by Gasteiger charge is 2.24. The van der Waals surface area contributed by atoms with Crippen LogP contribution < -0.4 is 4.90 Å². The van der Waals surface area contributed by atoms with E-state index in [9.17, 15) is 9.50 Å². The zero-order valence-electron chi connectivity index (χ0n) is 11.2. The Kier molecular flexibility index (Phi) is 4.23. The summed E-state index contributed by atoms with van der Waals surface area (Å²) in [4.78, 5) is 2.31. The summed E-state index contributed by atoms with van der Waals surface area (Å²) in [7, 11) is 0. The maximum Gasteiger partial charge on any atom is 0.123 e. The Morgan fingerprint density at radius 2 is 2.06 bits per heavy atom. The highest BCUT2D eigenvalue weighted by atomic mass is 19.1. The van der Waals surface area contributed by atoms with Crippen molar-refractivity contribution in [1.82, 2.24) is 0 Å². The van der Waals surface area contributed by atoms with Crippen molar-refractivity contribution in [2.24, 2.45) is 0 Å². The minimum absolute atomic E-state index is 0.280. The molecule has 1 saturated carbocycles. The van der Waals surface area contributed by atoms with Gasteiger partial charge in [0, 0.05) is 23.8 Å². The van der Waals surface area contributed by atoms with Crippen molar-refractivity contribution < 1.29 is 9.50 Å². The first-order valence-electron chi connectivity index (χ1n) is 6.87. The number of hydrogen-bond acceptors (Lipinski definition) is 2. The number of hydrogen-bond donors (Lipinski definition) is 1. The van der Waals surface area contributed by atoms with Crippen molar-refractivity contribution in [2.75, 3.05) is 11.4 Å². The van der Waals surface area contributed by atoms with E-state index in [0.717, 1.165) is 12.2 Å². The zero-order chi connectivity index (χ0) is 13.1. The van der Waals surface area contributed by atoms with Crippen LogP contribution in [0.1, 0.15) is 51.2 Å². The lowest BCUT2D eigenvalue weighted by atomic mass is 10.0. The summed E-state index contributed by atoms with van der Waals surface area (Å²) < 4.78 is 13.3. The average molecular weight is 251 g/mol. The van der Waals surface area contributed by atoms with E-state index in [2.05, 4.69) is 11.8 Å². The molecule has 18 heavy (non-hydrogen) atoms. The molecule has 1 aliphatic rings. The lowest BCUT2D eigenvalue weighted by molar-refractivity contribution is 0.199. The first kappa shape index (κ1) is 13.3. The van der Waals surface area contributed by atoms with Crippen LogP contribution >= 0.6 is 0 Å². The normalized spacial score (nSPS) is 18.0. The summed E-state index contributed by atoms with van der Waals surface area (Å²) in [5.74, 6) is -0.280. The van der Waals surface area contributed by atoms with Crippen molar-refractivity contribution >= 4 is 5.69 Å². The molecule has 0 bridgehead atoms. The van der Waals surface area contributed by atoms with Crippen molar-refractivity contribution in [3.05, 3.63) is 29.6 Å². The molecule has 0 radical (unpaired) electrons. The summed E-state index contributed by atoms with van der Waals surface area (Å²) in [5, 5.41) is 9.82. The quantitative estimate of drug-likeness (QED) is 0.883. The summed E-state index contributed by atoms with van der Waals surface area (Å²) in [6, 6.07) is 5.29. The molecule has 1 aromatic carbocycles. The summed E-state index contributed by atoms with van der Waals surface area (Å²) in [6.45, 7) is 4.71. The van der Waals surface area contributed by atoms with E-state index in [-0.39, 0.29) is 5.82 Å². The molecule has 1 N–H and O–H groups in total. The number of nitrogens with zero attached hydrogens (tertiary/aromatic N) is 1. The van der Waals surface area contributed by atoms with Gasteiger partial charge in [0.25, 0.3) is 0 Å². The molecule has 0 aromatic heterocycles. The second-order valence-electron chi connectivity index (χ2n) is 5.10. The maximum absolute atomic E-state index is 13.3. The standard InChI is InChI=1S/C15H22FNO/c1-3-17(13-6-4-5-7-13)15-9-8-12(16)10-14(15)11(2)18/h8-11,13,18H,3-7H2,1-2H3/t11-/m0/s1. The molecular weight excluding hydrogens is 229 g/mol. The van der Waals surface area contributed by atoms with Gasteiger partial charge in [-0.3, -0.25) is 0 Å². The number of benzene rings is 1. The smallest absolute Gasteiger partial charge is 0.123 e. The molecular formula is C15H22FNO. The highest BCUT2D eigenvalue weighted by molar-refractivity contribution is 5.55. The molecule has 2 rings (SSSR count). The molecule has 0 saturated heterocycles. The Bertz CT molecular complexity index is 399. The molecule has 0 aliphatic heterocycles. The van der Waals surface area contributed by atoms with Gasteiger partial charge in [0.15, 0.2) is 0 Å².